The second-order valence-corrected chi connectivity index (χ2v) is 8.94. The number of amides is 3. The number of ether oxygens (including phenoxy) is 1. The lowest BCUT2D eigenvalue weighted by atomic mass is 9.97. The van der Waals surface area contributed by atoms with Gasteiger partial charge in [0.05, 0.1) is 7.11 Å². The van der Waals surface area contributed by atoms with Gasteiger partial charge in [0.1, 0.15) is 11.8 Å². The summed E-state index contributed by atoms with van der Waals surface area (Å²) in [7, 11) is 1.58. The number of methoxy groups -OCH3 is 1. The Kier molecular flexibility index (Phi) is 11.2. The van der Waals surface area contributed by atoms with Crippen molar-refractivity contribution in [3.63, 3.8) is 0 Å². The van der Waals surface area contributed by atoms with Crippen molar-refractivity contribution in [2.45, 2.75) is 71.8 Å². The number of hydrogen-bond donors (Lipinski definition) is 1. The van der Waals surface area contributed by atoms with Gasteiger partial charge in [-0.05, 0) is 36.6 Å². The molecule has 7 nitrogen and oxygen atoms in total. The van der Waals surface area contributed by atoms with E-state index in [2.05, 4.69) is 12.2 Å². The average molecular weight is 460 g/mol. The van der Waals surface area contributed by atoms with E-state index in [4.69, 9.17) is 4.74 Å². The van der Waals surface area contributed by atoms with E-state index in [-0.39, 0.29) is 23.6 Å². The summed E-state index contributed by atoms with van der Waals surface area (Å²) in [6.45, 7) is 8.30. The fraction of sp³-hybridized carbons (Fsp3) is 0.654. The molecular formula is C26H41N3O4. The maximum absolute atomic E-state index is 13.3. The fourth-order valence-electron chi connectivity index (χ4n) is 4.06. The first-order chi connectivity index (χ1) is 15.9. The van der Waals surface area contributed by atoms with E-state index in [1.165, 1.54) is 19.3 Å². The summed E-state index contributed by atoms with van der Waals surface area (Å²) in [5.41, 5.74) is 0.492. The molecule has 1 aliphatic heterocycles. The minimum absolute atomic E-state index is 0.00230. The van der Waals surface area contributed by atoms with E-state index in [9.17, 15) is 14.4 Å². The molecule has 2 rings (SSSR count). The first kappa shape index (κ1) is 26.7. The van der Waals surface area contributed by atoms with E-state index >= 15 is 0 Å². The zero-order chi connectivity index (χ0) is 24.2. The van der Waals surface area contributed by atoms with Crippen molar-refractivity contribution >= 4 is 17.7 Å². The number of piperazine rings is 1. The van der Waals surface area contributed by atoms with Gasteiger partial charge < -0.3 is 19.9 Å². The Hall–Kier alpha value is -2.57. The zero-order valence-electron chi connectivity index (χ0n) is 20.8. The van der Waals surface area contributed by atoms with Gasteiger partial charge in [-0.15, -0.1) is 0 Å². The normalized spacial score (nSPS) is 15.6. The van der Waals surface area contributed by atoms with Gasteiger partial charge >= 0.3 is 0 Å². The third kappa shape index (κ3) is 8.06. The minimum Gasteiger partial charge on any atom is -0.497 e. The Bertz CT molecular complexity index is 757. The van der Waals surface area contributed by atoms with Gasteiger partial charge in [-0.25, -0.2) is 0 Å². The topological polar surface area (TPSA) is 79.0 Å². The predicted octanol–water partition coefficient (Wildman–Crippen LogP) is 3.87. The number of nitrogens with zero attached hydrogens (tertiary/aromatic N) is 2. The summed E-state index contributed by atoms with van der Waals surface area (Å²) >= 11 is 0. The Morgan fingerprint density at radius 3 is 2.12 bits per heavy atom. The summed E-state index contributed by atoms with van der Waals surface area (Å²) in [6, 6.07) is 6.26. The van der Waals surface area contributed by atoms with Gasteiger partial charge in [-0.3, -0.25) is 14.4 Å². The Morgan fingerprint density at radius 2 is 1.55 bits per heavy atom. The van der Waals surface area contributed by atoms with Gasteiger partial charge in [-0.1, -0.05) is 52.9 Å². The van der Waals surface area contributed by atoms with E-state index in [1.807, 2.05) is 18.7 Å². The number of hydrogen-bond acceptors (Lipinski definition) is 4. The highest BCUT2D eigenvalue weighted by atomic mass is 16.5. The van der Waals surface area contributed by atoms with Crippen LogP contribution in [0.2, 0.25) is 0 Å². The van der Waals surface area contributed by atoms with Gasteiger partial charge in [0.2, 0.25) is 11.8 Å². The third-order valence-corrected chi connectivity index (χ3v) is 6.56. The number of unbranched alkanes of at least 4 members (excludes halogenated alkanes) is 4. The molecule has 33 heavy (non-hydrogen) atoms. The highest BCUT2D eigenvalue weighted by molar-refractivity contribution is 5.97. The van der Waals surface area contributed by atoms with Crippen molar-refractivity contribution in [1.82, 2.24) is 15.1 Å². The van der Waals surface area contributed by atoms with Gasteiger partial charge in [0, 0.05) is 38.2 Å². The second-order valence-electron chi connectivity index (χ2n) is 8.94. The molecule has 0 aliphatic carbocycles. The molecule has 0 saturated carbocycles. The second kappa shape index (κ2) is 13.9. The molecule has 1 heterocycles. The Morgan fingerprint density at radius 1 is 0.939 bits per heavy atom. The molecule has 1 aromatic carbocycles. The molecule has 1 saturated heterocycles. The van der Waals surface area contributed by atoms with Crippen molar-refractivity contribution in [3.8, 4) is 5.75 Å². The van der Waals surface area contributed by atoms with E-state index in [0.717, 1.165) is 19.3 Å². The van der Waals surface area contributed by atoms with Crippen LogP contribution < -0.4 is 10.1 Å². The molecule has 1 aromatic rings. The Balaban J connectivity index is 1.90. The van der Waals surface area contributed by atoms with Crippen LogP contribution in [-0.4, -0.2) is 66.9 Å². The summed E-state index contributed by atoms with van der Waals surface area (Å²) in [5.74, 6) is 0.521. The van der Waals surface area contributed by atoms with E-state index in [0.29, 0.717) is 43.9 Å². The summed E-state index contributed by atoms with van der Waals surface area (Å²) in [4.78, 5) is 42.3. The molecule has 1 fully saturated rings. The van der Waals surface area contributed by atoms with E-state index < -0.39 is 6.04 Å². The van der Waals surface area contributed by atoms with Crippen molar-refractivity contribution in [3.05, 3.63) is 29.8 Å². The summed E-state index contributed by atoms with van der Waals surface area (Å²) in [5, 5.41) is 2.95. The number of carbonyl (C=O) groups excluding carboxylic acids is 3. The maximum atomic E-state index is 13.3. The molecular weight excluding hydrogens is 418 g/mol. The summed E-state index contributed by atoms with van der Waals surface area (Å²) < 4.78 is 5.15. The molecule has 2 atom stereocenters. The van der Waals surface area contributed by atoms with Crippen LogP contribution in [0.4, 0.5) is 0 Å². The lowest BCUT2D eigenvalue weighted by Crippen LogP contribution is -2.57. The number of rotatable bonds is 12. The van der Waals surface area contributed by atoms with Gasteiger partial charge in [0.25, 0.3) is 5.91 Å². The van der Waals surface area contributed by atoms with Crippen LogP contribution in [0.3, 0.4) is 0 Å². The fourth-order valence-corrected chi connectivity index (χ4v) is 4.06. The molecule has 0 spiro atoms. The molecule has 0 bridgehead atoms. The zero-order valence-corrected chi connectivity index (χ0v) is 20.8. The van der Waals surface area contributed by atoms with Crippen LogP contribution in [0, 0.1) is 5.92 Å². The van der Waals surface area contributed by atoms with Crippen LogP contribution in [0.5, 0.6) is 5.75 Å². The van der Waals surface area contributed by atoms with Crippen LogP contribution in [0.1, 0.15) is 76.1 Å². The van der Waals surface area contributed by atoms with Gasteiger partial charge in [-0.2, -0.15) is 0 Å². The van der Waals surface area contributed by atoms with Crippen molar-refractivity contribution in [2.24, 2.45) is 5.92 Å². The smallest absolute Gasteiger partial charge is 0.251 e. The molecule has 0 aromatic heterocycles. The minimum atomic E-state index is -0.592. The average Bonchev–Trinajstić information content (AvgIpc) is 2.86. The Labute approximate surface area is 198 Å². The lowest BCUT2D eigenvalue weighted by Gasteiger charge is -2.37. The van der Waals surface area contributed by atoms with Crippen LogP contribution in [0.25, 0.3) is 0 Å². The number of carbonyl (C=O) groups is 3. The standard InChI is InChI=1S/C26H41N3O4/c1-5-7-8-9-10-11-23(30)28-16-18-29(19-17-28)26(32)24(20(3)6-2)27-25(31)21-12-14-22(33-4)15-13-21/h12-15,20,24H,5-11,16-19H2,1-4H3,(H,27,31)/t20-,24-/m0/s1. The van der Waals surface area contributed by atoms with E-state index in [1.54, 1.807) is 36.3 Å². The highest BCUT2D eigenvalue weighted by Crippen LogP contribution is 2.16. The molecule has 7 heteroatoms. The van der Waals surface area contributed by atoms with Crippen molar-refractivity contribution < 1.29 is 19.1 Å². The lowest BCUT2D eigenvalue weighted by molar-refractivity contribution is -0.141. The maximum Gasteiger partial charge on any atom is 0.251 e. The van der Waals surface area contributed by atoms with Crippen molar-refractivity contribution in [2.75, 3.05) is 33.3 Å². The number of nitrogens with one attached hydrogen (secondary N) is 1. The molecule has 1 aliphatic rings. The van der Waals surface area contributed by atoms with Crippen LogP contribution in [-0.2, 0) is 9.59 Å². The molecule has 184 valence electrons. The molecule has 0 radical (unpaired) electrons. The first-order valence-corrected chi connectivity index (χ1v) is 12.4. The third-order valence-electron chi connectivity index (χ3n) is 6.56. The summed E-state index contributed by atoms with van der Waals surface area (Å²) in [6.07, 6.45) is 7.00. The quantitative estimate of drug-likeness (QED) is 0.481. The van der Waals surface area contributed by atoms with Crippen LogP contribution >= 0.6 is 0 Å². The van der Waals surface area contributed by atoms with Gasteiger partial charge in [0.15, 0.2) is 0 Å². The highest BCUT2D eigenvalue weighted by Gasteiger charge is 2.32. The van der Waals surface area contributed by atoms with Crippen molar-refractivity contribution in [1.29, 1.82) is 0 Å². The first-order valence-electron chi connectivity index (χ1n) is 12.4. The molecule has 1 N–H and O–H groups in total. The molecule has 0 unspecified atom stereocenters. The predicted molar refractivity (Wildman–Crippen MR) is 130 cm³/mol. The molecule has 3 amide bonds. The monoisotopic (exact) mass is 459 g/mol. The largest absolute Gasteiger partial charge is 0.497 e. The SMILES string of the molecule is CCCCCCCC(=O)N1CCN(C(=O)[C@@H](NC(=O)c2ccc(OC)cc2)[C@@H](C)CC)CC1. The number of benzene rings is 1. The van der Waals surface area contributed by atoms with Crippen LogP contribution in [0.15, 0.2) is 24.3 Å².